The molecule has 2 heterocycles. The highest BCUT2D eigenvalue weighted by Crippen LogP contribution is 2.28. The first-order valence-corrected chi connectivity index (χ1v) is 8.53. The lowest BCUT2D eigenvalue weighted by Gasteiger charge is -2.17. The Balaban J connectivity index is 1.44. The quantitative estimate of drug-likeness (QED) is 0.787. The average Bonchev–Trinajstić information content (AvgIpc) is 3.35. The number of nitrogens with one attached hydrogen (secondary N) is 1. The van der Waals surface area contributed by atoms with Gasteiger partial charge in [0.2, 0.25) is 0 Å². The molecular weight excluding hydrogens is 328 g/mol. The molecule has 0 unspecified atom stereocenters. The van der Waals surface area contributed by atoms with Crippen LogP contribution in [0.4, 0.5) is 5.69 Å². The molecule has 0 atom stereocenters. The first-order chi connectivity index (χ1) is 12.7. The number of amides is 2. The summed E-state index contributed by atoms with van der Waals surface area (Å²) in [7, 11) is 0. The fourth-order valence-corrected chi connectivity index (χ4v) is 3.15. The van der Waals surface area contributed by atoms with Gasteiger partial charge in [0.05, 0.1) is 12.8 Å². The van der Waals surface area contributed by atoms with Crippen molar-refractivity contribution in [2.75, 3.05) is 11.4 Å². The molecule has 0 radical (unpaired) electrons. The SMILES string of the molecule is O=C(NCc1ccco1)c1ccc(C(=O)N2CCc3ccccc32)cc1. The Bertz CT molecular complexity index is 930. The largest absolute Gasteiger partial charge is 0.467 e. The van der Waals surface area contributed by atoms with Gasteiger partial charge >= 0.3 is 0 Å². The molecule has 2 aromatic carbocycles. The van der Waals surface area contributed by atoms with Crippen molar-refractivity contribution in [1.29, 1.82) is 0 Å². The maximum Gasteiger partial charge on any atom is 0.258 e. The van der Waals surface area contributed by atoms with Crippen LogP contribution in [0.15, 0.2) is 71.3 Å². The van der Waals surface area contributed by atoms with E-state index in [0.29, 0.717) is 30.0 Å². The topological polar surface area (TPSA) is 62.6 Å². The predicted molar refractivity (Wildman–Crippen MR) is 98.1 cm³/mol. The van der Waals surface area contributed by atoms with E-state index in [0.717, 1.165) is 12.1 Å². The number of carbonyl (C=O) groups is 2. The normalized spacial score (nSPS) is 12.7. The summed E-state index contributed by atoms with van der Waals surface area (Å²) in [4.78, 5) is 26.8. The molecule has 0 saturated heterocycles. The Morgan fingerprint density at radius 2 is 1.73 bits per heavy atom. The maximum absolute atomic E-state index is 12.8. The highest BCUT2D eigenvalue weighted by Gasteiger charge is 2.25. The monoisotopic (exact) mass is 346 g/mol. The zero-order valence-corrected chi connectivity index (χ0v) is 14.1. The number of hydrogen-bond donors (Lipinski definition) is 1. The Morgan fingerprint density at radius 3 is 2.50 bits per heavy atom. The molecule has 0 spiro atoms. The zero-order valence-electron chi connectivity index (χ0n) is 14.1. The van der Waals surface area contributed by atoms with Crippen molar-refractivity contribution in [1.82, 2.24) is 5.32 Å². The second-order valence-corrected chi connectivity index (χ2v) is 6.17. The number of furan rings is 1. The van der Waals surface area contributed by atoms with Crippen LogP contribution in [0.2, 0.25) is 0 Å². The van der Waals surface area contributed by atoms with Gasteiger partial charge < -0.3 is 14.6 Å². The Kier molecular flexibility index (Phi) is 4.27. The molecule has 0 aliphatic carbocycles. The van der Waals surface area contributed by atoms with Crippen LogP contribution in [-0.2, 0) is 13.0 Å². The molecule has 2 amide bonds. The summed E-state index contributed by atoms with van der Waals surface area (Å²) in [5.74, 6) is 0.447. The van der Waals surface area contributed by atoms with Gasteiger partial charge in [-0.1, -0.05) is 18.2 Å². The number of benzene rings is 2. The van der Waals surface area contributed by atoms with Crippen molar-refractivity contribution in [3.63, 3.8) is 0 Å². The van der Waals surface area contributed by atoms with Gasteiger partial charge in [0.15, 0.2) is 0 Å². The number of fused-ring (bicyclic) bond motifs is 1. The number of nitrogens with zero attached hydrogens (tertiary/aromatic N) is 1. The summed E-state index contributed by atoms with van der Waals surface area (Å²) < 4.78 is 5.19. The third-order valence-corrected chi connectivity index (χ3v) is 4.53. The number of carbonyl (C=O) groups excluding carboxylic acids is 2. The highest BCUT2D eigenvalue weighted by molar-refractivity contribution is 6.07. The number of rotatable bonds is 4. The minimum Gasteiger partial charge on any atom is -0.467 e. The maximum atomic E-state index is 12.8. The molecule has 0 saturated carbocycles. The zero-order chi connectivity index (χ0) is 17.9. The van der Waals surface area contributed by atoms with E-state index >= 15 is 0 Å². The molecular formula is C21H18N2O3. The lowest BCUT2D eigenvalue weighted by molar-refractivity contribution is 0.0945. The standard InChI is InChI=1S/C21H18N2O3/c24-20(22-14-18-5-3-13-26-18)16-7-9-17(10-8-16)21(25)23-12-11-15-4-1-2-6-19(15)23/h1-10,13H,11-12,14H2,(H,22,24). The van der Waals surface area contributed by atoms with E-state index < -0.39 is 0 Å². The molecule has 5 nitrogen and oxygen atoms in total. The van der Waals surface area contributed by atoms with Crippen molar-refractivity contribution in [3.8, 4) is 0 Å². The second-order valence-electron chi connectivity index (χ2n) is 6.17. The van der Waals surface area contributed by atoms with Gasteiger partial charge in [0, 0.05) is 23.4 Å². The van der Waals surface area contributed by atoms with Crippen LogP contribution in [-0.4, -0.2) is 18.4 Å². The molecule has 1 aromatic heterocycles. The lowest BCUT2D eigenvalue weighted by Crippen LogP contribution is -2.29. The molecule has 1 aliphatic heterocycles. The average molecular weight is 346 g/mol. The van der Waals surface area contributed by atoms with E-state index in [-0.39, 0.29) is 11.8 Å². The van der Waals surface area contributed by atoms with Crippen molar-refractivity contribution in [2.24, 2.45) is 0 Å². The molecule has 5 heteroatoms. The van der Waals surface area contributed by atoms with Gasteiger partial charge in [0.25, 0.3) is 11.8 Å². The number of hydrogen-bond acceptors (Lipinski definition) is 3. The minimum atomic E-state index is -0.202. The van der Waals surface area contributed by atoms with Crippen LogP contribution < -0.4 is 10.2 Å². The number of para-hydroxylation sites is 1. The van der Waals surface area contributed by atoms with Gasteiger partial charge in [-0.2, -0.15) is 0 Å². The third-order valence-electron chi connectivity index (χ3n) is 4.53. The molecule has 0 fully saturated rings. The van der Waals surface area contributed by atoms with E-state index in [9.17, 15) is 9.59 Å². The molecule has 1 N–H and O–H groups in total. The second kappa shape index (κ2) is 6.88. The Hall–Kier alpha value is -3.34. The minimum absolute atomic E-state index is 0.0440. The predicted octanol–water partition coefficient (Wildman–Crippen LogP) is 3.41. The van der Waals surface area contributed by atoms with Crippen molar-refractivity contribution < 1.29 is 14.0 Å². The van der Waals surface area contributed by atoms with Crippen LogP contribution >= 0.6 is 0 Å². The van der Waals surface area contributed by atoms with Gasteiger partial charge in [-0.05, 0) is 54.4 Å². The third kappa shape index (κ3) is 3.11. The highest BCUT2D eigenvalue weighted by atomic mass is 16.3. The summed E-state index contributed by atoms with van der Waals surface area (Å²) in [6.45, 7) is 1.01. The molecule has 0 bridgehead atoms. The van der Waals surface area contributed by atoms with Crippen LogP contribution in [0.25, 0.3) is 0 Å². The Labute approximate surface area is 151 Å². The van der Waals surface area contributed by atoms with Crippen LogP contribution in [0.5, 0.6) is 0 Å². The van der Waals surface area contributed by atoms with E-state index in [1.165, 1.54) is 5.56 Å². The van der Waals surface area contributed by atoms with Crippen molar-refractivity contribution >= 4 is 17.5 Å². The molecule has 3 aromatic rings. The lowest BCUT2D eigenvalue weighted by atomic mass is 10.1. The molecule has 130 valence electrons. The van der Waals surface area contributed by atoms with Gasteiger partial charge in [-0.25, -0.2) is 0 Å². The summed E-state index contributed by atoms with van der Waals surface area (Å²) in [6.07, 6.45) is 2.44. The fourth-order valence-electron chi connectivity index (χ4n) is 3.15. The summed E-state index contributed by atoms with van der Waals surface area (Å²) >= 11 is 0. The van der Waals surface area contributed by atoms with E-state index in [2.05, 4.69) is 11.4 Å². The van der Waals surface area contributed by atoms with E-state index in [1.54, 1.807) is 47.6 Å². The first kappa shape index (κ1) is 16.1. The van der Waals surface area contributed by atoms with Gasteiger partial charge in [-0.15, -0.1) is 0 Å². The number of anilines is 1. The Morgan fingerprint density at radius 1 is 0.962 bits per heavy atom. The fraction of sp³-hybridized carbons (Fsp3) is 0.143. The van der Waals surface area contributed by atoms with E-state index in [4.69, 9.17) is 4.42 Å². The molecule has 4 rings (SSSR count). The molecule has 26 heavy (non-hydrogen) atoms. The van der Waals surface area contributed by atoms with E-state index in [1.807, 2.05) is 18.2 Å². The van der Waals surface area contributed by atoms with Crippen LogP contribution in [0.1, 0.15) is 32.0 Å². The summed E-state index contributed by atoms with van der Waals surface area (Å²) in [5, 5.41) is 2.79. The van der Waals surface area contributed by atoms with Gasteiger partial charge in [0.1, 0.15) is 5.76 Å². The van der Waals surface area contributed by atoms with Crippen molar-refractivity contribution in [2.45, 2.75) is 13.0 Å². The van der Waals surface area contributed by atoms with Gasteiger partial charge in [-0.3, -0.25) is 9.59 Å². The van der Waals surface area contributed by atoms with Crippen LogP contribution in [0.3, 0.4) is 0 Å². The summed E-state index contributed by atoms with van der Waals surface area (Å²) in [6, 6.07) is 18.3. The smallest absolute Gasteiger partial charge is 0.258 e. The van der Waals surface area contributed by atoms with Crippen molar-refractivity contribution in [3.05, 3.63) is 89.4 Å². The summed E-state index contributed by atoms with van der Waals surface area (Å²) in [5.41, 5.74) is 3.24. The van der Waals surface area contributed by atoms with Crippen LogP contribution in [0, 0.1) is 0 Å². The first-order valence-electron chi connectivity index (χ1n) is 8.53. The molecule has 1 aliphatic rings.